The van der Waals surface area contributed by atoms with E-state index < -0.39 is 24.0 Å². The summed E-state index contributed by atoms with van der Waals surface area (Å²) in [7, 11) is 0. The molecule has 2 aliphatic rings. The van der Waals surface area contributed by atoms with Gasteiger partial charge in [-0.05, 0) is 12.8 Å². The number of nitrogens with one attached hydrogen (secondary N) is 1. The van der Waals surface area contributed by atoms with Gasteiger partial charge in [-0.2, -0.15) is 0 Å². The lowest BCUT2D eigenvalue weighted by Crippen LogP contribution is -2.40. The van der Waals surface area contributed by atoms with E-state index in [1.807, 2.05) is 0 Å². The molecule has 1 saturated heterocycles. The highest BCUT2D eigenvalue weighted by atomic mass is 16.3. The Balaban J connectivity index is 2.19. The fourth-order valence-electron chi connectivity index (χ4n) is 2.05. The van der Waals surface area contributed by atoms with Crippen molar-refractivity contribution in [2.75, 3.05) is 0 Å². The number of fused-ring (bicyclic) bond motifs is 1. The Morgan fingerprint density at radius 2 is 1.38 bits per heavy atom. The molecule has 2 fully saturated rings. The van der Waals surface area contributed by atoms with Crippen molar-refractivity contribution in [1.82, 2.24) is 5.32 Å². The van der Waals surface area contributed by atoms with Gasteiger partial charge in [0.2, 0.25) is 11.8 Å². The smallest absolute Gasteiger partial charge is 0.230 e. The Labute approximate surface area is 74.7 Å². The third kappa shape index (κ3) is 1.24. The number of amides is 2. The van der Waals surface area contributed by atoms with Gasteiger partial charge < -0.3 is 10.2 Å². The van der Waals surface area contributed by atoms with Gasteiger partial charge >= 0.3 is 0 Å². The van der Waals surface area contributed by atoms with E-state index in [0.717, 1.165) is 0 Å². The van der Waals surface area contributed by atoms with Gasteiger partial charge in [0.05, 0.1) is 24.0 Å². The zero-order valence-electron chi connectivity index (χ0n) is 6.93. The minimum Gasteiger partial charge on any atom is -0.390 e. The first-order valence-corrected chi connectivity index (χ1v) is 4.30. The maximum Gasteiger partial charge on any atom is 0.230 e. The molecular weight excluding hydrogens is 174 g/mol. The van der Waals surface area contributed by atoms with E-state index in [4.69, 9.17) is 0 Å². The number of rotatable bonds is 0. The molecule has 5 heteroatoms. The topological polar surface area (TPSA) is 86.6 Å². The first kappa shape index (κ1) is 8.65. The van der Waals surface area contributed by atoms with Gasteiger partial charge in [0.1, 0.15) is 0 Å². The molecule has 0 bridgehead atoms. The molecule has 0 aromatic carbocycles. The van der Waals surface area contributed by atoms with Crippen molar-refractivity contribution in [3.05, 3.63) is 0 Å². The minimum atomic E-state index is -0.877. The summed E-state index contributed by atoms with van der Waals surface area (Å²) in [5.74, 6) is -1.52. The molecule has 4 unspecified atom stereocenters. The van der Waals surface area contributed by atoms with Crippen molar-refractivity contribution in [2.45, 2.75) is 25.0 Å². The summed E-state index contributed by atoms with van der Waals surface area (Å²) in [4.78, 5) is 22.3. The fourth-order valence-corrected chi connectivity index (χ4v) is 2.05. The molecule has 0 aromatic rings. The monoisotopic (exact) mass is 185 g/mol. The third-order valence-corrected chi connectivity index (χ3v) is 2.84. The highest BCUT2D eigenvalue weighted by molar-refractivity contribution is 6.05. The largest absolute Gasteiger partial charge is 0.390 e. The number of imide groups is 1. The van der Waals surface area contributed by atoms with Crippen molar-refractivity contribution in [1.29, 1.82) is 0 Å². The van der Waals surface area contributed by atoms with Crippen LogP contribution in [0.15, 0.2) is 0 Å². The lowest BCUT2D eigenvalue weighted by Gasteiger charge is -2.29. The summed E-state index contributed by atoms with van der Waals surface area (Å²) in [6.45, 7) is 0. The van der Waals surface area contributed by atoms with Crippen LogP contribution in [-0.2, 0) is 9.59 Å². The number of hydrogen-bond acceptors (Lipinski definition) is 4. The normalized spacial score (nSPS) is 44.5. The maximum atomic E-state index is 11.1. The predicted octanol–water partition coefficient (Wildman–Crippen LogP) is -1.61. The van der Waals surface area contributed by atoms with Crippen LogP contribution in [-0.4, -0.2) is 34.2 Å². The second-order valence-electron chi connectivity index (χ2n) is 3.67. The van der Waals surface area contributed by atoms with Gasteiger partial charge in [-0.15, -0.1) is 0 Å². The van der Waals surface area contributed by atoms with Gasteiger partial charge in [-0.25, -0.2) is 0 Å². The molecule has 2 amide bonds. The second kappa shape index (κ2) is 2.78. The lowest BCUT2D eigenvalue weighted by atomic mass is 9.78. The molecule has 13 heavy (non-hydrogen) atoms. The molecular formula is C8H11NO4. The van der Waals surface area contributed by atoms with Crippen molar-refractivity contribution >= 4 is 11.8 Å². The van der Waals surface area contributed by atoms with Crippen LogP contribution in [0.1, 0.15) is 12.8 Å². The standard InChI is InChI=1S/C8H11NO4/c10-5-1-3-4(2-6(5)11)8(13)9-7(3)12/h3-6,10-11H,1-2H2,(H,9,12,13). The number of aliphatic hydroxyl groups excluding tert-OH is 2. The first-order chi connectivity index (χ1) is 6.09. The summed E-state index contributed by atoms with van der Waals surface area (Å²) < 4.78 is 0. The molecule has 1 heterocycles. The van der Waals surface area contributed by atoms with Crippen LogP contribution in [0.4, 0.5) is 0 Å². The van der Waals surface area contributed by atoms with Crippen LogP contribution < -0.4 is 5.32 Å². The van der Waals surface area contributed by atoms with Crippen LogP contribution in [0.25, 0.3) is 0 Å². The molecule has 5 nitrogen and oxygen atoms in total. The van der Waals surface area contributed by atoms with Crippen LogP contribution in [0.3, 0.4) is 0 Å². The van der Waals surface area contributed by atoms with Crippen LogP contribution in [0.5, 0.6) is 0 Å². The number of carbonyl (C=O) groups excluding carboxylic acids is 2. The fraction of sp³-hybridized carbons (Fsp3) is 0.750. The van der Waals surface area contributed by atoms with Gasteiger partial charge in [0.25, 0.3) is 0 Å². The van der Waals surface area contributed by atoms with E-state index in [2.05, 4.69) is 5.32 Å². The van der Waals surface area contributed by atoms with E-state index >= 15 is 0 Å². The first-order valence-electron chi connectivity index (χ1n) is 4.30. The zero-order valence-corrected chi connectivity index (χ0v) is 6.93. The molecule has 2 rings (SSSR count). The van der Waals surface area contributed by atoms with Crippen molar-refractivity contribution < 1.29 is 19.8 Å². The van der Waals surface area contributed by atoms with Crippen LogP contribution >= 0.6 is 0 Å². The summed E-state index contributed by atoms with van der Waals surface area (Å²) in [6.07, 6.45) is -1.39. The van der Waals surface area contributed by atoms with Crippen molar-refractivity contribution in [3.8, 4) is 0 Å². The lowest BCUT2D eigenvalue weighted by molar-refractivity contribution is -0.127. The summed E-state index contributed by atoms with van der Waals surface area (Å²) >= 11 is 0. The maximum absolute atomic E-state index is 11.1. The molecule has 0 aromatic heterocycles. The molecule has 3 N–H and O–H groups in total. The molecule has 1 saturated carbocycles. The Bertz CT molecular complexity index is 239. The van der Waals surface area contributed by atoms with E-state index in [-0.39, 0.29) is 24.7 Å². The average molecular weight is 185 g/mol. The highest BCUT2D eigenvalue weighted by Gasteiger charge is 2.47. The Hall–Kier alpha value is -0.940. The summed E-state index contributed by atoms with van der Waals surface area (Å²) in [5, 5.41) is 20.8. The summed E-state index contributed by atoms with van der Waals surface area (Å²) in [5.41, 5.74) is 0. The zero-order chi connectivity index (χ0) is 9.59. The Morgan fingerprint density at radius 3 is 1.77 bits per heavy atom. The molecule has 0 radical (unpaired) electrons. The second-order valence-corrected chi connectivity index (χ2v) is 3.67. The number of hydrogen-bond donors (Lipinski definition) is 3. The van der Waals surface area contributed by atoms with Crippen molar-refractivity contribution in [3.63, 3.8) is 0 Å². The number of aliphatic hydroxyl groups is 2. The van der Waals surface area contributed by atoms with Gasteiger partial charge in [0, 0.05) is 0 Å². The SMILES string of the molecule is O=C1NC(=O)C2CC(O)C(O)CC12. The Morgan fingerprint density at radius 1 is 1.00 bits per heavy atom. The Kier molecular flexibility index (Phi) is 1.85. The molecule has 72 valence electrons. The average Bonchev–Trinajstić information content (AvgIpc) is 2.31. The molecule has 1 aliphatic heterocycles. The van der Waals surface area contributed by atoms with Gasteiger partial charge in [0.15, 0.2) is 0 Å². The quantitative estimate of drug-likeness (QED) is 0.396. The van der Waals surface area contributed by atoms with E-state index in [1.54, 1.807) is 0 Å². The van der Waals surface area contributed by atoms with Crippen LogP contribution in [0, 0.1) is 11.8 Å². The molecule has 0 spiro atoms. The van der Waals surface area contributed by atoms with E-state index in [1.165, 1.54) is 0 Å². The van der Waals surface area contributed by atoms with Crippen molar-refractivity contribution in [2.24, 2.45) is 11.8 Å². The molecule has 4 atom stereocenters. The number of carbonyl (C=O) groups is 2. The summed E-state index contributed by atoms with van der Waals surface area (Å²) in [6, 6.07) is 0. The van der Waals surface area contributed by atoms with E-state index in [9.17, 15) is 19.8 Å². The molecule has 1 aliphatic carbocycles. The minimum absolute atomic E-state index is 0.184. The predicted molar refractivity (Wildman–Crippen MR) is 41.4 cm³/mol. The van der Waals surface area contributed by atoms with Gasteiger partial charge in [-0.3, -0.25) is 14.9 Å². The third-order valence-electron chi connectivity index (χ3n) is 2.84. The van der Waals surface area contributed by atoms with Gasteiger partial charge in [-0.1, -0.05) is 0 Å². The highest BCUT2D eigenvalue weighted by Crippen LogP contribution is 2.34. The van der Waals surface area contributed by atoms with E-state index in [0.29, 0.717) is 0 Å². The van der Waals surface area contributed by atoms with Crippen LogP contribution in [0.2, 0.25) is 0 Å².